The van der Waals surface area contributed by atoms with Gasteiger partial charge in [-0.15, -0.1) is 0 Å². The predicted molar refractivity (Wildman–Crippen MR) is 120 cm³/mol. The molecule has 1 aromatic carbocycles. The monoisotopic (exact) mass is 432 g/mol. The minimum Gasteiger partial charge on any atom is -0.508 e. The Labute approximate surface area is 185 Å². The van der Waals surface area contributed by atoms with Gasteiger partial charge in [-0.2, -0.15) is 0 Å². The van der Waals surface area contributed by atoms with Gasteiger partial charge in [-0.1, -0.05) is 39.2 Å². The summed E-state index contributed by atoms with van der Waals surface area (Å²) in [6.07, 6.45) is 7.76. The Morgan fingerprint density at radius 3 is 2.65 bits per heavy atom. The minimum atomic E-state index is -0.405. The van der Waals surface area contributed by atoms with Crippen LogP contribution in [0.4, 0.5) is 4.39 Å². The fourth-order valence-electron chi connectivity index (χ4n) is 5.24. The average Bonchev–Trinajstić information content (AvgIpc) is 2.71. The summed E-state index contributed by atoms with van der Waals surface area (Å²) < 4.78 is 23.7. The van der Waals surface area contributed by atoms with Crippen LogP contribution in [0.25, 0.3) is 0 Å². The van der Waals surface area contributed by atoms with Crippen molar-refractivity contribution in [3.8, 4) is 11.5 Å². The van der Waals surface area contributed by atoms with Crippen molar-refractivity contribution in [2.75, 3.05) is 13.8 Å². The van der Waals surface area contributed by atoms with Gasteiger partial charge in [0.1, 0.15) is 17.1 Å². The summed E-state index contributed by atoms with van der Waals surface area (Å²) in [4.78, 5) is 12.1. The summed E-state index contributed by atoms with van der Waals surface area (Å²) in [7, 11) is 1.40. The largest absolute Gasteiger partial charge is 0.508 e. The summed E-state index contributed by atoms with van der Waals surface area (Å²) in [6, 6.07) is 3.94. The predicted octanol–water partition coefficient (Wildman–Crippen LogP) is 6.35. The van der Waals surface area contributed by atoms with Crippen molar-refractivity contribution in [1.29, 1.82) is 0 Å². The Morgan fingerprint density at radius 2 is 1.97 bits per heavy atom. The van der Waals surface area contributed by atoms with Crippen LogP contribution in [-0.4, -0.2) is 30.5 Å². The molecule has 5 heteroatoms. The van der Waals surface area contributed by atoms with Gasteiger partial charge in [0, 0.05) is 23.0 Å². The lowest BCUT2D eigenvalue weighted by Crippen LogP contribution is -2.46. The van der Waals surface area contributed by atoms with Gasteiger partial charge in [-0.05, 0) is 62.6 Å². The van der Waals surface area contributed by atoms with Crippen molar-refractivity contribution in [1.82, 2.24) is 0 Å². The number of fused-ring (bicyclic) bond motifs is 3. The summed E-state index contributed by atoms with van der Waals surface area (Å²) in [6.45, 7) is 8.29. The molecule has 2 unspecified atom stereocenters. The van der Waals surface area contributed by atoms with E-state index >= 15 is 0 Å². The van der Waals surface area contributed by atoms with E-state index < -0.39 is 5.60 Å². The Morgan fingerprint density at radius 1 is 1.26 bits per heavy atom. The van der Waals surface area contributed by atoms with Crippen molar-refractivity contribution in [3.05, 3.63) is 34.9 Å². The second-order valence-corrected chi connectivity index (χ2v) is 10.2. The number of methoxy groups -OCH3 is 1. The van der Waals surface area contributed by atoms with Crippen molar-refractivity contribution >= 4 is 5.97 Å². The number of hydrogen-bond donors (Lipinski definition) is 1. The maximum atomic E-state index is 12.3. The number of aromatic hydroxyl groups is 1. The van der Waals surface area contributed by atoms with E-state index in [9.17, 15) is 14.3 Å². The molecular formula is C26H37FO4. The van der Waals surface area contributed by atoms with Crippen molar-refractivity contribution < 1.29 is 23.8 Å². The summed E-state index contributed by atoms with van der Waals surface area (Å²) in [5.74, 6) is 0.853. The summed E-state index contributed by atoms with van der Waals surface area (Å²) in [5, 5.41) is 11.1. The molecule has 0 radical (unpaired) electrons. The molecule has 0 bridgehead atoms. The number of carbonyl (C=O) groups excluding carboxylic acids is 1. The summed E-state index contributed by atoms with van der Waals surface area (Å²) in [5.41, 5.74) is 1.99. The van der Waals surface area contributed by atoms with Crippen LogP contribution in [-0.2, 0) is 14.9 Å². The quantitative estimate of drug-likeness (QED) is 0.384. The lowest BCUT2D eigenvalue weighted by Gasteiger charge is -2.47. The van der Waals surface area contributed by atoms with Gasteiger partial charge in [-0.25, -0.2) is 4.79 Å². The number of phenolic OH excluding ortho intramolecular Hbond substituents is 1. The number of alkyl halides is 1. The number of phenols is 1. The molecule has 1 heterocycles. The number of halogens is 1. The van der Waals surface area contributed by atoms with Crippen LogP contribution in [0.3, 0.4) is 0 Å². The first-order valence-corrected chi connectivity index (χ1v) is 11.5. The first kappa shape index (κ1) is 23.6. The van der Waals surface area contributed by atoms with E-state index in [1.165, 1.54) is 7.11 Å². The lowest BCUT2D eigenvalue weighted by molar-refractivity contribution is -0.136. The third-order valence-corrected chi connectivity index (χ3v) is 7.22. The normalized spacial score (nSPS) is 22.1. The minimum absolute atomic E-state index is 0.00992. The van der Waals surface area contributed by atoms with E-state index in [0.717, 1.165) is 42.6 Å². The molecule has 172 valence electrons. The molecule has 4 nitrogen and oxygen atoms in total. The molecule has 0 saturated carbocycles. The Kier molecular flexibility index (Phi) is 7.02. The molecule has 0 aromatic heterocycles. The van der Waals surface area contributed by atoms with E-state index in [1.54, 1.807) is 0 Å². The molecule has 31 heavy (non-hydrogen) atoms. The number of carbonyl (C=O) groups is 1. The van der Waals surface area contributed by atoms with Crippen LogP contribution in [0.1, 0.15) is 89.7 Å². The SMILES string of the molecule is COC(=O)C1=CCC2C(C1)c1c(O)cc(C(C)(C)CCCCCCF)cc1OC2(C)C. The number of unbranched alkanes of at least 4 members (excludes halogenated alkanes) is 3. The number of benzene rings is 1. The molecule has 1 aromatic rings. The molecule has 0 spiro atoms. The molecule has 2 atom stereocenters. The van der Waals surface area contributed by atoms with Crippen molar-refractivity contribution in [2.45, 2.75) is 89.6 Å². The third-order valence-electron chi connectivity index (χ3n) is 7.22. The Balaban J connectivity index is 1.89. The first-order chi connectivity index (χ1) is 14.6. The van der Waals surface area contributed by atoms with Gasteiger partial charge >= 0.3 is 5.97 Å². The Bertz CT molecular complexity index is 840. The smallest absolute Gasteiger partial charge is 0.333 e. The van der Waals surface area contributed by atoms with E-state index in [1.807, 2.05) is 12.1 Å². The topological polar surface area (TPSA) is 55.8 Å². The van der Waals surface area contributed by atoms with Gasteiger partial charge in [0.15, 0.2) is 0 Å². The number of allylic oxidation sites excluding steroid dienone is 1. The zero-order valence-corrected chi connectivity index (χ0v) is 19.6. The highest BCUT2D eigenvalue weighted by Crippen LogP contribution is 2.55. The second kappa shape index (κ2) is 9.22. The molecule has 0 amide bonds. The van der Waals surface area contributed by atoms with Crippen LogP contribution >= 0.6 is 0 Å². The van der Waals surface area contributed by atoms with Gasteiger partial charge in [0.25, 0.3) is 0 Å². The highest BCUT2D eigenvalue weighted by Gasteiger charge is 2.47. The van der Waals surface area contributed by atoms with Gasteiger partial charge < -0.3 is 14.6 Å². The van der Waals surface area contributed by atoms with Crippen molar-refractivity contribution in [3.63, 3.8) is 0 Å². The van der Waals surface area contributed by atoms with E-state index in [0.29, 0.717) is 24.8 Å². The molecular weight excluding hydrogens is 395 g/mol. The molecule has 2 aliphatic rings. The van der Waals surface area contributed by atoms with Crippen LogP contribution in [0.5, 0.6) is 11.5 Å². The van der Waals surface area contributed by atoms with Crippen LogP contribution in [0.15, 0.2) is 23.8 Å². The van der Waals surface area contributed by atoms with Crippen LogP contribution in [0.2, 0.25) is 0 Å². The molecule has 1 N–H and O–H groups in total. The summed E-state index contributed by atoms with van der Waals surface area (Å²) >= 11 is 0. The van der Waals surface area contributed by atoms with Gasteiger partial charge in [0.2, 0.25) is 0 Å². The number of hydrogen-bond acceptors (Lipinski definition) is 4. The molecule has 1 aliphatic carbocycles. The Hall–Kier alpha value is -2.04. The van der Waals surface area contributed by atoms with Crippen LogP contribution in [0, 0.1) is 5.92 Å². The molecule has 3 rings (SSSR count). The van der Waals surface area contributed by atoms with Crippen molar-refractivity contribution in [2.24, 2.45) is 5.92 Å². The van der Waals surface area contributed by atoms with E-state index in [2.05, 4.69) is 33.8 Å². The zero-order chi connectivity index (χ0) is 22.8. The first-order valence-electron chi connectivity index (χ1n) is 11.5. The number of esters is 1. The fraction of sp³-hybridized carbons (Fsp3) is 0.654. The maximum Gasteiger partial charge on any atom is 0.333 e. The molecule has 0 saturated heterocycles. The maximum absolute atomic E-state index is 12.3. The van der Waals surface area contributed by atoms with Crippen LogP contribution < -0.4 is 4.74 Å². The van der Waals surface area contributed by atoms with E-state index in [-0.39, 0.29) is 35.6 Å². The molecule has 0 fully saturated rings. The number of rotatable bonds is 8. The number of ether oxygens (including phenoxy) is 2. The zero-order valence-electron chi connectivity index (χ0n) is 19.6. The van der Waals surface area contributed by atoms with Gasteiger partial charge in [-0.3, -0.25) is 4.39 Å². The van der Waals surface area contributed by atoms with Gasteiger partial charge in [0.05, 0.1) is 13.8 Å². The standard InChI is InChI=1S/C26H37FO4/c1-25(2,12-8-6-7-9-13-27)18-15-21(28)23-19-14-17(24(29)30-5)10-11-20(19)26(3,4)31-22(23)16-18/h10,15-16,19-20,28H,6-9,11-14H2,1-5H3. The third kappa shape index (κ3) is 4.91. The fourth-order valence-corrected chi connectivity index (χ4v) is 5.24. The molecule has 1 aliphatic heterocycles. The van der Waals surface area contributed by atoms with E-state index in [4.69, 9.17) is 9.47 Å². The second-order valence-electron chi connectivity index (χ2n) is 10.2. The average molecular weight is 433 g/mol. The highest BCUT2D eigenvalue weighted by molar-refractivity contribution is 5.88. The lowest BCUT2D eigenvalue weighted by atomic mass is 9.66. The highest BCUT2D eigenvalue weighted by atomic mass is 19.1.